The fourth-order valence-corrected chi connectivity index (χ4v) is 2.67. The molecule has 0 bridgehead atoms. The average Bonchev–Trinajstić information content (AvgIpc) is 2.72. The molecule has 0 aliphatic carbocycles. The van der Waals surface area contributed by atoms with Crippen LogP contribution in [0.2, 0.25) is 0 Å². The van der Waals surface area contributed by atoms with E-state index in [9.17, 15) is 14.4 Å². The summed E-state index contributed by atoms with van der Waals surface area (Å²) in [5.74, 6) is -0.460. The lowest BCUT2D eigenvalue weighted by Gasteiger charge is -2.06. The van der Waals surface area contributed by atoms with Crippen molar-refractivity contribution >= 4 is 28.8 Å². The number of ether oxygens (including phenoxy) is 2. The molecule has 0 radical (unpaired) electrons. The Kier molecular flexibility index (Phi) is 5.69. The second-order valence-electron chi connectivity index (χ2n) is 5.87. The molecule has 1 heterocycles. The molecular formula is C22H18O6. The second kappa shape index (κ2) is 8.35. The van der Waals surface area contributed by atoms with Crippen LogP contribution < -0.4 is 10.4 Å². The maximum Gasteiger partial charge on any atom is 0.347 e. The number of hydrogen-bond acceptors (Lipinski definition) is 6. The monoisotopic (exact) mass is 378 g/mol. The Morgan fingerprint density at radius 1 is 1.11 bits per heavy atom. The first-order valence-electron chi connectivity index (χ1n) is 8.64. The molecule has 2 aromatic carbocycles. The summed E-state index contributed by atoms with van der Waals surface area (Å²) in [6.45, 7) is 2.26. The van der Waals surface area contributed by atoms with Gasteiger partial charge in [0.25, 0.3) is 0 Å². The lowest BCUT2D eigenvalue weighted by atomic mass is 10.1. The van der Waals surface area contributed by atoms with Crippen molar-refractivity contribution in [2.45, 2.75) is 6.92 Å². The lowest BCUT2D eigenvalue weighted by Crippen LogP contribution is -2.12. The number of methoxy groups -OCH3 is 1. The SMILES string of the molecule is CCOc1cccc2cc(C(=O)C=Cc3ccc(C(=O)OC)cc3)c(=O)oc12. The van der Waals surface area contributed by atoms with Crippen LogP contribution in [-0.2, 0) is 4.74 Å². The van der Waals surface area contributed by atoms with Crippen molar-refractivity contribution in [1.29, 1.82) is 0 Å². The average molecular weight is 378 g/mol. The van der Waals surface area contributed by atoms with Crippen molar-refractivity contribution in [3.05, 3.63) is 81.7 Å². The van der Waals surface area contributed by atoms with E-state index in [1.165, 1.54) is 19.3 Å². The van der Waals surface area contributed by atoms with Crippen LogP contribution >= 0.6 is 0 Å². The van der Waals surface area contributed by atoms with Gasteiger partial charge in [-0.2, -0.15) is 0 Å². The number of hydrogen-bond donors (Lipinski definition) is 0. The molecule has 1 aromatic heterocycles. The van der Waals surface area contributed by atoms with E-state index in [2.05, 4.69) is 4.74 Å². The molecule has 0 fully saturated rings. The van der Waals surface area contributed by atoms with Crippen LogP contribution in [-0.4, -0.2) is 25.5 Å². The molecule has 6 nitrogen and oxygen atoms in total. The zero-order chi connectivity index (χ0) is 20.1. The molecule has 0 spiro atoms. The number of para-hydroxylation sites is 1. The van der Waals surface area contributed by atoms with Crippen molar-refractivity contribution < 1.29 is 23.5 Å². The van der Waals surface area contributed by atoms with Gasteiger partial charge < -0.3 is 13.9 Å². The molecule has 6 heteroatoms. The Morgan fingerprint density at radius 3 is 2.54 bits per heavy atom. The van der Waals surface area contributed by atoms with Gasteiger partial charge in [-0.1, -0.05) is 30.3 Å². The van der Waals surface area contributed by atoms with E-state index in [1.54, 1.807) is 48.5 Å². The normalized spacial score (nSPS) is 10.9. The van der Waals surface area contributed by atoms with E-state index in [1.807, 2.05) is 6.92 Å². The summed E-state index contributed by atoms with van der Waals surface area (Å²) in [7, 11) is 1.31. The molecule has 0 atom stereocenters. The third kappa shape index (κ3) is 4.01. The van der Waals surface area contributed by atoms with E-state index < -0.39 is 17.4 Å². The Bertz CT molecular complexity index is 1110. The predicted octanol–water partition coefficient (Wildman–Crippen LogP) is 3.87. The Morgan fingerprint density at radius 2 is 1.86 bits per heavy atom. The van der Waals surface area contributed by atoms with Crippen molar-refractivity contribution in [2.75, 3.05) is 13.7 Å². The van der Waals surface area contributed by atoms with Crippen LogP contribution in [0.15, 0.2) is 63.8 Å². The number of fused-ring (bicyclic) bond motifs is 1. The largest absolute Gasteiger partial charge is 0.490 e. The minimum Gasteiger partial charge on any atom is -0.490 e. The summed E-state index contributed by atoms with van der Waals surface area (Å²) < 4.78 is 15.4. The van der Waals surface area contributed by atoms with E-state index >= 15 is 0 Å². The Balaban J connectivity index is 1.87. The van der Waals surface area contributed by atoms with Gasteiger partial charge in [-0.15, -0.1) is 0 Å². The minimum atomic E-state index is -0.727. The molecular weight excluding hydrogens is 360 g/mol. The molecule has 0 saturated carbocycles. The lowest BCUT2D eigenvalue weighted by molar-refractivity contribution is 0.0600. The van der Waals surface area contributed by atoms with Gasteiger partial charge in [-0.3, -0.25) is 4.79 Å². The van der Waals surface area contributed by atoms with Crippen LogP contribution in [0.25, 0.3) is 17.0 Å². The highest BCUT2D eigenvalue weighted by Crippen LogP contribution is 2.25. The summed E-state index contributed by atoms with van der Waals surface area (Å²) in [5, 5.41) is 0.602. The molecule has 0 aliphatic rings. The van der Waals surface area contributed by atoms with Crippen LogP contribution in [0.3, 0.4) is 0 Å². The molecule has 142 valence electrons. The molecule has 0 amide bonds. The molecule has 0 aliphatic heterocycles. The van der Waals surface area contributed by atoms with Gasteiger partial charge in [-0.05, 0) is 42.8 Å². The van der Waals surface area contributed by atoms with Crippen LogP contribution in [0.5, 0.6) is 5.75 Å². The van der Waals surface area contributed by atoms with Gasteiger partial charge in [0.05, 0.1) is 19.3 Å². The van der Waals surface area contributed by atoms with E-state index in [-0.39, 0.29) is 5.56 Å². The minimum absolute atomic E-state index is 0.0661. The number of carbonyl (C=O) groups excluding carboxylic acids is 2. The zero-order valence-electron chi connectivity index (χ0n) is 15.4. The molecule has 28 heavy (non-hydrogen) atoms. The molecule has 3 rings (SSSR count). The smallest absolute Gasteiger partial charge is 0.347 e. The predicted molar refractivity (Wildman–Crippen MR) is 105 cm³/mol. The first-order chi connectivity index (χ1) is 13.5. The van der Waals surface area contributed by atoms with Crippen LogP contribution in [0, 0.1) is 0 Å². The quantitative estimate of drug-likeness (QED) is 0.280. The van der Waals surface area contributed by atoms with Gasteiger partial charge in [0.2, 0.25) is 0 Å². The van der Waals surface area contributed by atoms with Gasteiger partial charge in [0, 0.05) is 5.39 Å². The summed E-state index contributed by atoms with van der Waals surface area (Å²) in [5.41, 5.74) is 0.628. The third-order valence-corrected chi connectivity index (χ3v) is 4.05. The van der Waals surface area contributed by atoms with Gasteiger partial charge in [0.1, 0.15) is 5.56 Å². The van der Waals surface area contributed by atoms with E-state index in [4.69, 9.17) is 9.15 Å². The van der Waals surface area contributed by atoms with E-state index in [0.717, 1.165) is 0 Å². The van der Waals surface area contributed by atoms with Crippen molar-refractivity contribution in [2.24, 2.45) is 0 Å². The second-order valence-corrected chi connectivity index (χ2v) is 5.87. The number of rotatable bonds is 6. The summed E-state index contributed by atoms with van der Waals surface area (Å²) in [4.78, 5) is 36.2. The summed E-state index contributed by atoms with van der Waals surface area (Å²) in [6, 6.07) is 13.2. The number of ketones is 1. The number of benzene rings is 2. The summed E-state index contributed by atoms with van der Waals surface area (Å²) >= 11 is 0. The highest BCUT2D eigenvalue weighted by Gasteiger charge is 2.14. The van der Waals surface area contributed by atoms with E-state index in [0.29, 0.717) is 34.5 Å². The van der Waals surface area contributed by atoms with Crippen molar-refractivity contribution in [3.63, 3.8) is 0 Å². The summed E-state index contributed by atoms with van der Waals surface area (Å²) in [6.07, 6.45) is 2.85. The highest BCUT2D eigenvalue weighted by atomic mass is 16.5. The number of carbonyl (C=O) groups is 2. The zero-order valence-corrected chi connectivity index (χ0v) is 15.4. The van der Waals surface area contributed by atoms with Crippen molar-refractivity contribution in [1.82, 2.24) is 0 Å². The van der Waals surface area contributed by atoms with Crippen LogP contribution in [0.4, 0.5) is 0 Å². The first kappa shape index (κ1) is 19.1. The van der Waals surface area contributed by atoms with Gasteiger partial charge in [0.15, 0.2) is 17.1 Å². The topological polar surface area (TPSA) is 82.8 Å². The maximum atomic E-state index is 12.5. The third-order valence-electron chi connectivity index (χ3n) is 4.05. The molecule has 0 N–H and O–H groups in total. The van der Waals surface area contributed by atoms with Gasteiger partial charge in [-0.25, -0.2) is 9.59 Å². The first-order valence-corrected chi connectivity index (χ1v) is 8.64. The van der Waals surface area contributed by atoms with Crippen LogP contribution in [0.1, 0.15) is 33.2 Å². The number of esters is 1. The Labute approximate surface area is 161 Å². The highest BCUT2D eigenvalue weighted by molar-refractivity contribution is 6.08. The fraction of sp³-hybridized carbons (Fsp3) is 0.136. The Hall–Kier alpha value is -3.67. The molecule has 0 unspecified atom stereocenters. The standard InChI is InChI=1S/C22H18O6/c1-3-27-19-6-4-5-16-13-17(22(25)28-20(16)19)18(23)12-9-14-7-10-15(11-8-14)21(24)26-2/h4-13H,3H2,1-2H3. The van der Waals surface area contributed by atoms with Crippen molar-refractivity contribution in [3.8, 4) is 5.75 Å². The molecule has 0 saturated heterocycles. The number of allylic oxidation sites excluding steroid dienone is 1. The fourth-order valence-electron chi connectivity index (χ4n) is 2.67. The van der Waals surface area contributed by atoms with Gasteiger partial charge >= 0.3 is 11.6 Å². The maximum absolute atomic E-state index is 12.5. The molecule has 3 aromatic rings.